The number of aliphatic hydroxyl groups excluding tert-OH is 4. The van der Waals surface area contributed by atoms with Gasteiger partial charge in [0.1, 0.15) is 0 Å². The van der Waals surface area contributed by atoms with Crippen molar-refractivity contribution >= 4 is 11.8 Å². The van der Waals surface area contributed by atoms with Gasteiger partial charge in [-0.2, -0.15) is 0 Å². The first kappa shape index (κ1) is 19.1. The van der Waals surface area contributed by atoms with E-state index in [2.05, 4.69) is 0 Å². The third-order valence-corrected chi connectivity index (χ3v) is 3.08. The number of nitrogens with zero attached hydrogens (tertiary/aromatic N) is 2. The van der Waals surface area contributed by atoms with Gasteiger partial charge in [-0.15, -0.1) is 0 Å². The Morgan fingerprint density at radius 2 is 1.04 bits per heavy atom. The van der Waals surface area contributed by atoms with E-state index in [1.54, 1.807) is 0 Å². The summed E-state index contributed by atoms with van der Waals surface area (Å²) in [6, 6.07) is 2.65. The van der Waals surface area contributed by atoms with Crippen LogP contribution in [0.3, 0.4) is 0 Å². The van der Waals surface area contributed by atoms with Crippen LogP contribution < -0.4 is 0 Å². The summed E-state index contributed by atoms with van der Waals surface area (Å²) in [6.07, 6.45) is 0. The average Bonchev–Trinajstić information content (AvgIpc) is 3.03. The predicted octanol–water partition coefficient (Wildman–Crippen LogP) is -1.87. The molecule has 0 spiro atoms. The van der Waals surface area contributed by atoms with Gasteiger partial charge in [0.05, 0.1) is 26.4 Å². The molecule has 0 saturated heterocycles. The molecule has 23 heavy (non-hydrogen) atoms. The molecule has 1 rings (SSSR count). The quantitative estimate of drug-likeness (QED) is 0.395. The first-order valence-electron chi connectivity index (χ1n) is 7.20. The lowest BCUT2D eigenvalue weighted by Gasteiger charge is -2.20. The van der Waals surface area contributed by atoms with Gasteiger partial charge in [0, 0.05) is 26.2 Å². The predicted molar refractivity (Wildman–Crippen MR) is 78.9 cm³/mol. The molecule has 1 aromatic rings. The second kappa shape index (κ2) is 9.95. The molecule has 9 heteroatoms. The second-order valence-corrected chi connectivity index (χ2v) is 4.64. The number of hydrogen-bond acceptors (Lipinski definition) is 7. The Hall–Kier alpha value is -1.94. The van der Waals surface area contributed by atoms with Crippen LogP contribution in [0.5, 0.6) is 0 Å². The zero-order chi connectivity index (χ0) is 17.2. The highest BCUT2D eigenvalue weighted by atomic mass is 16.4. The number of furan rings is 1. The summed E-state index contributed by atoms with van der Waals surface area (Å²) < 4.78 is 5.25. The number of carbonyl (C=O) groups is 2. The van der Waals surface area contributed by atoms with Crippen molar-refractivity contribution in [2.24, 2.45) is 0 Å². The van der Waals surface area contributed by atoms with Gasteiger partial charge in [0.15, 0.2) is 11.5 Å². The van der Waals surface area contributed by atoms with E-state index < -0.39 is 11.8 Å². The lowest BCUT2D eigenvalue weighted by Crippen LogP contribution is -2.36. The maximum atomic E-state index is 12.2. The fraction of sp³-hybridized carbons (Fsp3) is 0.571. The van der Waals surface area contributed by atoms with Crippen LogP contribution in [0.4, 0.5) is 0 Å². The normalized spacial score (nSPS) is 10.6. The van der Waals surface area contributed by atoms with Gasteiger partial charge >= 0.3 is 0 Å². The molecule has 2 amide bonds. The Kier molecular flexibility index (Phi) is 8.27. The fourth-order valence-electron chi connectivity index (χ4n) is 1.99. The Morgan fingerprint density at radius 1 is 0.739 bits per heavy atom. The van der Waals surface area contributed by atoms with Crippen LogP contribution in [-0.4, -0.2) is 94.6 Å². The number of carbonyl (C=O) groups excluding carboxylic acids is 2. The minimum absolute atomic E-state index is 0.0323. The largest absolute Gasteiger partial charge is 0.446 e. The lowest BCUT2D eigenvalue weighted by atomic mass is 10.3. The zero-order valence-corrected chi connectivity index (χ0v) is 12.7. The van der Waals surface area contributed by atoms with Crippen LogP contribution in [0.1, 0.15) is 21.1 Å². The van der Waals surface area contributed by atoms with Crippen LogP contribution in [0.2, 0.25) is 0 Å². The highest BCUT2D eigenvalue weighted by Crippen LogP contribution is 2.13. The number of amides is 2. The number of aliphatic hydroxyl groups is 4. The molecule has 0 aliphatic heterocycles. The molecule has 0 aliphatic carbocycles. The molecule has 130 valence electrons. The summed E-state index contributed by atoms with van der Waals surface area (Å²) >= 11 is 0. The smallest absolute Gasteiger partial charge is 0.289 e. The van der Waals surface area contributed by atoms with Crippen molar-refractivity contribution in [2.75, 3.05) is 52.6 Å². The molecule has 0 bridgehead atoms. The Labute approximate surface area is 133 Å². The van der Waals surface area contributed by atoms with Crippen molar-refractivity contribution < 1.29 is 34.4 Å². The summed E-state index contributed by atoms with van der Waals surface area (Å²) in [5.74, 6) is -1.29. The van der Waals surface area contributed by atoms with Gasteiger partial charge in [0.2, 0.25) is 0 Å². The van der Waals surface area contributed by atoms with Crippen LogP contribution in [0, 0.1) is 0 Å². The Bertz CT molecular complexity index is 449. The molecule has 9 nitrogen and oxygen atoms in total. The van der Waals surface area contributed by atoms with Gasteiger partial charge in [-0.25, -0.2) is 0 Å². The maximum Gasteiger partial charge on any atom is 0.289 e. The van der Waals surface area contributed by atoms with Crippen molar-refractivity contribution in [3.8, 4) is 0 Å². The first-order valence-corrected chi connectivity index (χ1v) is 7.20. The standard InChI is InChI=1S/C14H22N2O7/c17-7-3-15(4-8-18)13(21)11-1-2-12(23-11)14(22)16(5-9-19)6-10-20/h1-2,17-20H,3-10H2. The monoisotopic (exact) mass is 330 g/mol. The molecular weight excluding hydrogens is 308 g/mol. The average molecular weight is 330 g/mol. The van der Waals surface area contributed by atoms with Gasteiger partial charge < -0.3 is 34.6 Å². The third-order valence-electron chi connectivity index (χ3n) is 3.08. The topological polar surface area (TPSA) is 135 Å². The summed E-state index contributed by atoms with van der Waals surface area (Å²) in [4.78, 5) is 26.8. The van der Waals surface area contributed by atoms with Crippen molar-refractivity contribution in [3.63, 3.8) is 0 Å². The molecule has 0 atom stereocenters. The zero-order valence-electron chi connectivity index (χ0n) is 12.7. The molecule has 1 heterocycles. The maximum absolute atomic E-state index is 12.2. The van der Waals surface area contributed by atoms with E-state index in [1.165, 1.54) is 21.9 Å². The summed E-state index contributed by atoms with van der Waals surface area (Å²) in [7, 11) is 0. The molecule has 0 unspecified atom stereocenters. The fourth-order valence-corrected chi connectivity index (χ4v) is 1.99. The second-order valence-electron chi connectivity index (χ2n) is 4.64. The van der Waals surface area contributed by atoms with E-state index >= 15 is 0 Å². The van der Waals surface area contributed by atoms with Crippen molar-refractivity contribution in [3.05, 3.63) is 23.7 Å². The van der Waals surface area contributed by atoms with Gasteiger partial charge in [0.25, 0.3) is 11.8 Å². The van der Waals surface area contributed by atoms with Crippen LogP contribution in [0.15, 0.2) is 16.5 Å². The van der Waals surface area contributed by atoms with E-state index in [1.807, 2.05) is 0 Å². The Balaban J connectivity index is 2.86. The molecule has 0 fully saturated rings. The van der Waals surface area contributed by atoms with Crippen LogP contribution >= 0.6 is 0 Å². The van der Waals surface area contributed by atoms with E-state index in [0.717, 1.165) is 0 Å². The highest BCUT2D eigenvalue weighted by Gasteiger charge is 2.23. The van der Waals surface area contributed by atoms with Gasteiger partial charge in [-0.3, -0.25) is 9.59 Å². The van der Waals surface area contributed by atoms with Gasteiger partial charge in [-0.1, -0.05) is 0 Å². The molecule has 1 aromatic heterocycles. The minimum Gasteiger partial charge on any atom is -0.446 e. The molecule has 0 saturated carbocycles. The first-order chi connectivity index (χ1) is 11.1. The highest BCUT2D eigenvalue weighted by molar-refractivity contribution is 5.95. The summed E-state index contributed by atoms with van der Waals surface area (Å²) in [6.45, 7) is -0.930. The van der Waals surface area contributed by atoms with Crippen LogP contribution in [-0.2, 0) is 0 Å². The van der Waals surface area contributed by atoms with Crippen LogP contribution in [0.25, 0.3) is 0 Å². The molecule has 0 radical (unpaired) electrons. The van der Waals surface area contributed by atoms with E-state index in [9.17, 15) is 9.59 Å². The summed E-state index contributed by atoms with van der Waals surface area (Å²) in [5, 5.41) is 35.7. The van der Waals surface area contributed by atoms with Crippen molar-refractivity contribution in [1.82, 2.24) is 9.80 Å². The number of hydrogen-bond donors (Lipinski definition) is 4. The van der Waals surface area contributed by atoms with Crippen molar-refractivity contribution in [2.45, 2.75) is 0 Å². The molecule has 4 N–H and O–H groups in total. The molecular formula is C14H22N2O7. The molecule has 0 aliphatic rings. The molecule has 0 aromatic carbocycles. The lowest BCUT2D eigenvalue weighted by molar-refractivity contribution is 0.0620. The van der Waals surface area contributed by atoms with E-state index in [-0.39, 0.29) is 64.1 Å². The van der Waals surface area contributed by atoms with E-state index in [0.29, 0.717) is 0 Å². The third kappa shape index (κ3) is 5.32. The van der Waals surface area contributed by atoms with E-state index in [4.69, 9.17) is 24.8 Å². The van der Waals surface area contributed by atoms with Gasteiger partial charge in [-0.05, 0) is 12.1 Å². The SMILES string of the molecule is O=C(c1ccc(C(=O)N(CCO)CCO)o1)N(CCO)CCO. The number of rotatable bonds is 10. The van der Waals surface area contributed by atoms with Crippen molar-refractivity contribution in [1.29, 1.82) is 0 Å². The minimum atomic E-state index is -0.553. The Morgan fingerprint density at radius 3 is 1.30 bits per heavy atom. The summed E-state index contributed by atoms with van der Waals surface area (Å²) in [5.41, 5.74) is 0.